The average molecular weight is 242 g/mol. The number of furan rings is 2. The minimum Gasteiger partial charge on any atom is -0.464 e. The van der Waals surface area contributed by atoms with Crippen LogP contribution in [0.2, 0.25) is 0 Å². The van der Waals surface area contributed by atoms with Gasteiger partial charge in [0.25, 0.3) is 0 Å². The minimum absolute atomic E-state index is 0.529. The molecule has 0 unspecified atom stereocenters. The fourth-order valence-corrected chi connectivity index (χ4v) is 2.75. The van der Waals surface area contributed by atoms with Crippen molar-refractivity contribution in [3.63, 3.8) is 0 Å². The molecule has 1 aromatic carbocycles. The first-order chi connectivity index (χ1) is 8.68. The van der Waals surface area contributed by atoms with Crippen molar-refractivity contribution >= 4 is 21.9 Å². The molecule has 1 aliphatic carbocycles. The Hall–Kier alpha value is -1.74. The van der Waals surface area contributed by atoms with Crippen LogP contribution in [0.25, 0.3) is 21.9 Å². The molecule has 3 heteroatoms. The van der Waals surface area contributed by atoms with Crippen molar-refractivity contribution < 1.29 is 13.9 Å². The van der Waals surface area contributed by atoms with Crippen LogP contribution in [-0.2, 0) is 6.42 Å². The second-order valence-corrected chi connectivity index (χ2v) is 5.33. The Kier molecular flexibility index (Phi) is 1.80. The van der Waals surface area contributed by atoms with Gasteiger partial charge in [0, 0.05) is 28.3 Å². The van der Waals surface area contributed by atoms with Crippen molar-refractivity contribution in [1.82, 2.24) is 0 Å². The smallest absolute Gasteiger partial charge is 0.138 e. The quantitative estimate of drug-likeness (QED) is 0.747. The lowest BCUT2D eigenvalue weighted by Crippen LogP contribution is -2.11. The summed E-state index contributed by atoms with van der Waals surface area (Å²) in [4.78, 5) is 0. The summed E-state index contributed by atoms with van der Waals surface area (Å²) in [6, 6.07) is 3.93. The van der Waals surface area contributed by atoms with E-state index in [1.54, 1.807) is 12.5 Å². The molecule has 1 N–H and O–H groups in total. The van der Waals surface area contributed by atoms with Crippen molar-refractivity contribution in [3.8, 4) is 0 Å². The van der Waals surface area contributed by atoms with E-state index in [1.807, 2.05) is 19.1 Å². The SMILES string of the molecule is Cc1c2ccoc2c(CC2(O)CC2)c2ccoc12. The summed E-state index contributed by atoms with van der Waals surface area (Å²) in [6.07, 6.45) is 5.81. The third-order valence-electron chi connectivity index (χ3n) is 4.01. The topological polar surface area (TPSA) is 46.5 Å². The van der Waals surface area contributed by atoms with Crippen LogP contribution in [0, 0.1) is 6.92 Å². The number of aryl methyl sites for hydroxylation is 1. The molecule has 0 spiro atoms. The zero-order chi connectivity index (χ0) is 12.3. The van der Waals surface area contributed by atoms with Gasteiger partial charge in [-0.05, 0) is 31.9 Å². The maximum absolute atomic E-state index is 10.2. The van der Waals surface area contributed by atoms with Crippen molar-refractivity contribution in [2.45, 2.75) is 31.8 Å². The summed E-state index contributed by atoms with van der Waals surface area (Å²) in [5.74, 6) is 0. The largest absolute Gasteiger partial charge is 0.464 e. The van der Waals surface area contributed by atoms with Crippen molar-refractivity contribution in [2.75, 3.05) is 0 Å². The van der Waals surface area contributed by atoms with Gasteiger partial charge in [0.15, 0.2) is 0 Å². The first kappa shape index (κ1) is 10.2. The van der Waals surface area contributed by atoms with Crippen molar-refractivity contribution in [2.24, 2.45) is 0 Å². The molecule has 4 rings (SSSR count). The van der Waals surface area contributed by atoms with E-state index in [-0.39, 0.29) is 0 Å². The molecule has 2 aromatic heterocycles. The second-order valence-electron chi connectivity index (χ2n) is 5.33. The van der Waals surface area contributed by atoms with Gasteiger partial charge in [-0.2, -0.15) is 0 Å². The monoisotopic (exact) mass is 242 g/mol. The summed E-state index contributed by atoms with van der Waals surface area (Å²) in [5, 5.41) is 12.3. The van der Waals surface area contributed by atoms with Crippen LogP contribution in [0.15, 0.2) is 33.5 Å². The van der Waals surface area contributed by atoms with Crippen molar-refractivity contribution in [1.29, 1.82) is 0 Å². The Morgan fingerprint density at radius 1 is 1.11 bits per heavy atom. The molecule has 0 saturated heterocycles. The van der Waals surface area contributed by atoms with E-state index in [4.69, 9.17) is 8.83 Å². The molecule has 2 heterocycles. The third-order valence-corrected chi connectivity index (χ3v) is 4.01. The Bertz CT molecular complexity index is 692. The Morgan fingerprint density at radius 2 is 1.78 bits per heavy atom. The van der Waals surface area contributed by atoms with Crippen molar-refractivity contribution in [3.05, 3.63) is 35.8 Å². The van der Waals surface area contributed by atoms with Crippen LogP contribution in [0.1, 0.15) is 24.0 Å². The Morgan fingerprint density at radius 3 is 2.50 bits per heavy atom. The molecule has 3 nitrogen and oxygen atoms in total. The predicted octanol–water partition coefficient (Wildman–Crippen LogP) is 3.55. The highest BCUT2D eigenvalue weighted by Crippen LogP contribution is 2.43. The van der Waals surface area contributed by atoms with Crippen LogP contribution in [0.4, 0.5) is 0 Å². The van der Waals surface area contributed by atoms with Gasteiger partial charge >= 0.3 is 0 Å². The lowest BCUT2D eigenvalue weighted by Gasteiger charge is -2.10. The predicted molar refractivity (Wildman–Crippen MR) is 68.6 cm³/mol. The van der Waals surface area contributed by atoms with E-state index >= 15 is 0 Å². The van der Waals surface area contributed by atoms with Gasteiger partial charge in [-0.15, -0.1) is 0 Å². The molecule has 3 aromatic rings. The number of hydrogen-bond acceptors (Lipinski definition) is 3. The second kappa shape index (κ2) is 3.18. The van der Waals surface area contributed by atoms with Crippen LogP contribution >= 0.6 is 0 Å². The van der Waals surface area contributed by atoms with E-state index in [9.17, 15) is 5.11 Å². The first-order valence-electron chi connectivity index (χ1n) is 6.26. The molecule has 0 amide bonds. The highest BCUT2D eigenvalue weighted by molar-refractivity contribution is 6.01. The number of fused-ring (bicyclic) bond motifs is 2. The average Bonchev–Trinajstić information content (AvgIpc) is 2.87. The molecule has 1 saturated carbocycles. The summed E-state index contributed by atoms with van der Waals surface area (Å²) >= 11 is 0. The molecule has 1 fully saturated rings. The number of hydrogen-bond donors (Lipinski definition) is 1. The number of benzene rings is 1. The fourth-order valence-electron chi connectivity index (χ4n) is 2.75. The van der Waals surface area contributed by atoms with Crippen LogP contribution < -0.4 is 0 Å². The van der Waals surface area contributed by atoms with E-state index in [0.29, 0.717) is 6.42 Å². The molecule has 0 aliphatic heterocycles. The van der Waals surface area contributed by atoms with Gasteiger partial charge in [0.2, 0.25) is 0 Å². The molecule has 0 bridgehead atoms. The fraction of sp³-hybridized carbons (Fsp3) is 0.333. The van der Waals surface area contributed by atoms with Gasteiger partial charge in [-0.1, -0.05) is 0 Å². The molecular weight excluding hydrogens is 228 g/mol. The van der Waals surface area contributed by atoms with Gasteiger partial charge < -0.3 is 13.9 Å². The van der Waals surface area contributed by atoms with Gasteiger partial charge in [-0.3, -0.25) is 0 Å². The lowest BCUT2D eigenvalue weighted by molar-refractivity contribution is 0.151. The summed E-state index contributed by atoms with van der Waals surface area (Å²) in [5.41, 5.74) is 3.44. The first-order valence-corrected chi connectivity index (χ1v) is 6.26. The molecule has 0 atom stereocenters. The van der Waals surface area contributed by atoms with Crippen LogP contribution in [0.3, 0.4) is 0 Å². The van der Waals surface area contributed by atoms with Crippen LogP contribution in [0.5, 0.6) is 0 Å². The molecule has 0 radical (unpaired) electrons. The zero-order valence-electron chi connectivity index (χ0n) is 10.2. The van der Waals surface area contributed by atoms with Gasteiger partial charge in [0.1, 0.15) is 11.2 Å². The maximum atomic E-state index is 10.2. The van der Waals surface area contributed by atoms with E-state index in [0.717, 1.165) is 45.9 Å². The van der Waals surface area contributed by atoms with Crippen LogP contribution in [-0.4, -0.2) is 10.7 Å². The summed E-state index contributed by atoms with van der Waals surface area (Å²) in [7, 11) is 0. The maximum Gasteiger partial charge on any atom is 0.138 e. The highest BCUT2D eigenvalue weighted by Gasteiger charge is 2.41. The van der Waals surface area contributed by atoms with E-state index < -0.39 is 5.60 Å². The molecule has 92 valence electrons. The standard InChI is InChI=1S/C15H14O3/c1-9-10-2-6-18-14(10)12(8-15(16)4-5-15)11-3-7-17-13(9)11/h2-3,6-7,16H,4-5,8H2,1H3. The van der Waals surface area contributed by atoms with Gasteiger partial charge in [0.05, 0.1) is 18.1 Å². The normalized spacial score (nSPS) is 17.7. The Labute approximate surface area is 104 Å². The molecule has 18 heavy (non-hydrogen) atoms. The lowest BCUT2D eigenvalue weighted by atomic mass is 9.97. The number of aliphatic hydroxyl groups is 1. The van der Waals surface area contributed by atoms with Gasteiger partial charge in [-0.25, -0.2) is 0 Å². The Balaban J connectivity index is 2.08. The highest BCUT2D eigenvalue weighted by atomic mass is 16.3. The zero-order valence-corrected chi connectivity index (χ0v) is 10.2. The minimum atomic E-state index is -0.529. The molecule has 1 aliphatic rings. The van der Waals surface area contributed by atoms with E-state index in [1.165, 1.54) is 0 Å². The number of rotatable bonds is 2. The molecular formula is C15H14O3. The third kappa shape index (κ3) is 1.28. The summed E-state index contributed by atoms with van der Waals surface area (Å²) < 4.78 is 11.2. The summed E-state index contributed by atoms with van der Waals surface area (Å²) in [6.45, 7) is 2.04. The van der Waals surface area contributed by atoms with E-state index in [2.05, 4.69) is 0 Å².